The molecule has 1 aliphatic heterocycles. The Hall–Kier alpha value is -3.24. The van der Waals surface area contributed by atoms with Crippen LogP contribution in [0.25, 0.3) is 33.7 Å². The molecule has 156 valence electrons. The van der Waals surface area contributed by atoms with Gasteiger partial charge >= 0.3 is 0 Å². The number of hydrogen-bond donors (Lipinski definition) is 0. The van der Waals surface area contributed by atoms with E-state index in [1.165, 1.54) is 17.7 Å². The minimum atomic E-state index is 0.713. The molecule has 4 heterocycles. The van der Waals surface area contributed by atoms with Crippen LogP contribution in [0.1, 0.15) is 25.8 Å². The van der Waals surface area contributed by atoms with Gasteiger partial charge < -0.3 is 0 Å². The fourth-order valence-corrected chi connectivity index (χ4v) is 4.41. The van der Waals surface area contributed by atoms with Gasteiger partial charge in [-0.15, -0.1) is 0 Å². The van der Waals surface area contributed by atoms with E-state index in [0.29, 0.717) is 5.92 Å². The molecule has 0 fully saturated rings. The number of rotatable bonds is 5. The summed E-state index contributed by atoms with van der Waals surface area (Å²) in [5.74, 6) is 0.713. The molecule has 4 heteroatoms. The largest absolute Gasteiger partial charge is 0.300 e. The Labute approximate surface area is 183 Å². The van der Waals surface area contributed by atoms with Gasteiger partial charge in [-0.25, -0.2) is 4.98 Å². The van der Waals surface area contributed by atoms with Crippen molar-refractivity contribution in [2.75, 3.05) is 19.6 Å². The normalized spacial score (nSPS) is 14.9. The highest BCUT2D eigenvalue weighted by Crippen LogP contribution is 2.28. The summed E-state index contributed by atoms with van der Waals surface area (Å²) < 4.78 is 2.17. The number of fused-ring (bicyclic) bond motifs is 1. The molecule has 0 aliphatic carbocycles. The molecule has 0 bridgehead atoms. The quantitative estimate of drug-likeness (QED) is 0.418. The molecule has 0 N–H and O–H groups in total. The zero-order valence-corrected chi connectivity index (χ0v) is 18.2. The number of hydrogen-bond acceptors (Lipinski definition) is 3. The predicted molar refractivity (Wildman–Crippen MR) is 128 cm³/mol. The van der Waals surface area contributed by atoms with E-state index in [1.807, 2.05) is 30.6 Å². The fourth-order valence-electron chi connectivity index (χ4n) is 4.41. The Morgan fingerprint density at radius 2 is 1.81 bits per heavy atom. The van der Waals surface area contributed by atoms with Gasteiger partial charge in [0.05, 0.1) is 17.6 Å². The van der Waals surface area contributed by atoms with Crippen molar-refractivity contribution in [1.82, 2.24) is 19.3 Å². The molecule has 4 aromatic rings. The molecule has 3 aromatic heterocycles. The van der Waals surface area contributed by atoms with Crippen molar-refractivity contribution in [1.29, 1.82) is 0 Å². The summed E-state index contributed by atoms with van der Waals surface area (Å²) in [6.45, 7) is 7.92. The first-order valence-corrected chi connectivity index (χ1v) is 11.1. The van der Waals surface area contributed by atoms with Crippen LogP contribution in [-0.2, 0) is 0 Å². The van der Waals surface area contributed by atoms with Gasteiger partial charge in [0.25, 0.3) is 0 Å². The van der Waals surface area contributed by atoms with Crippen LogP contribution in [0.15, 0.2) is 79.3 Å². The molecule has 4 nitrogen and oxygen atoms in total. The summed E-state index contributed by atoms with van der Waals surface area (Å²) in [7, 11) is 0. The first-order valence-electron chi connectivity index (χ1n) is 11.1. The lowest BCUT2D eigenvalue weighted by Crippen LogP contribution is -2.31. The van der Waals surface area contributed by atoms with E-state index in [2.05, 4.69) is 76.8 Å². The molecule has 0 spiro atoms. The van der Waals surface area contributed by atoms with Crippen molar-refractivity contribution in [3.05, 3.63) is 84.8 Å². The molecule has 0 saturated carbocycles. The molecule has 0 amide bonds. The van der Waals surface area contributed by atoms with Gasteiger partial charge in [0.15, 0.2) is 0 Å². The van der Waals surface area contributed by atoms with E-state index < -0.39 is 0 Å². The van der Waals surface area contributed by atoms with Crippen molar-refractivity contribution in [2.24, 2.45) is 5.92 Å². The lowest BCUT2D eigenvalue weighted by molar-refractivity contribution is 0.268. The second kappa shape index (κ2) is 8.48. The van der Waals surface area contributed by atoms with E-state index >= 15 is 0 Å². The Kier molecular flexibility index (Phi) is 5.39. The number of imidazole rings is 1. The SMILES string of the molecule is CC(C)CN1CC=C(c2ccn3c(-c4ccnc(-c5ccccc5)c4)cnc3c2)CC1. The number of nitrogens with zero attached hydrogens (tertiary/aromatic N) is 4. The Balaban J connectivity index is 1.43. The summed E-state index contributed by atoms with van der Waals surface area (Å²) in [5.41, 5.74) is 8.00. The number of aromatic nitrogens is 3. The molecule has 31 heavy (non-hydrogen) atoms. The first kappa shape index (κ1) is 19.7. The third-order valence-electron chi connectivity index (χ3n) is 5.93. The first-order chi connectivity index (χ1) is 15.2. The number of pyridine rings is 2. The van der Waals surface area contributed by atoms with Crippen molar-refractivity contribution < 1.29 is 0 Å². The maximum atomic E-state index is 4.71. The van der Waals surface area contributed by atoms with Crippen LogP contribution in [0, 0.1) is 5.92 Å². The smallest absolute Gasteiger partial charge is 0.137 e. The fraction of sp³-hybridized carbons (Fsp3) is 0.259. The maximum Gasteiger partial charge on any atom is 0.137 e. The monoisotopic (exact) mass is 408 g/mol. The predicted octanol–water partition coefficient (Wildman–Crippen LogP) is 5.81. The molecular weight excluding hydrogens is 380 g/mol. The minimum Gasteiger partial charge on any atom is -0.300 e. The molecule has 0 radical (unpaired) electrons. The zero-order valence-electron chi connectivity index (χ0n) is 18.2. The molecule has 0 unspecified atom stereocenters. The highest BCUT2D eigenvalue weighted by Gasteiger charge is 2.15. The average Bonchev–Trinajstić information content (AvgIpc) is 3.23. The highest BCUT2D eigenvalue weighted by atomic mass is 15.1. The zero-order chi connectivity index (χ0) is 21.2. The third-order valence-corrected chi connectivity index (χ3v) is 5.93. The van der Waals surface area contributed by atoms with Crippen LogP contribution in [0.3, 0.4) is 0 Å². The Bertz CT molecular complexity index is 1220. The summed E-state index contributed by atoms with van der Waals surface area (Å²) in [6, 6.07) is 18.9. The van der Waals surface area contributed by atoms with Gasteiger partial charge in [0, 0.05) is 43.2 Å². The highest BCUT2D eigenvalue weighted by molar-refractivity contribution is 5.73. The van der Waals surface area contributed by atoms with Crippen molar-refractivity contribution in [3.8, 4) is 22.5 Å². The topological polar surface area (TPSA) is 33.4 Å². The van der Waals surface area contributed by atoms with E-state index in [9.17, 15) is 0 Å². The van der Waals surface area contributed by atoms with Gasteiger partial charge in [-0.1, -0.05) is 50.3 Å². The molecule has 1 aliphatic rings. The van der Waals surface area contributed by atoms with Crippen molar-refractivity contribution in [2.45, 2.75) is 20.3 Å². The number of benzene rings is 1. The van der Waals surface area contributed by atoms with Gasteiger partial charge in [0.1, 0.15) is 5.65 Å². The molecule has 5 rings (SSSR count). The molecule has 1 aromatic carbocycles. The molecule has 0 saturated heterocycles. The van der Waals surface area contributed by atoms with Crippen LogP contribution in [0.5, 0.6) is 0 Å². The van der Waals surface area contributed by atoms with Crippen molar-refractivity contribution >= 4 is 11.2 Å². The lowest BCUT2D eigenvalue weighted by atomic mass is 10.00. The van der Waals surface area contributed by atoms with Crippen LogP contribution >= 0.6 is 0 Å². The van der Waals surface area contributed by atoms with Crippen LogP contribution in [0.4, 0.5) is 0 Å². The van der Waals surface area contributed by atoms with Gasteiger partial charge in [-0.2, -0.15) is 0 Å². The average molecular weight is 409 g/mol. The Morgan fingerprint density at radius 3 is 2.58 bits per heavy atom. The van der Waals surface area contributed by atoms with E-state index in [0.717, 1.165) is 47.7 Å². The molecule has 0 atom stereocenters. The van der Waals surface area contributed by atoms with E-state index in [1.54, 1.807) is 0 Å². The van der Waals surface area contributed by atoms with Crippen molar-refractivity contribution in [3.63, 3.8) is 0 Å². The van der Waals surface area contributed by atoms with Crippen LogP contribution in [0.2, 0.25) is 0 Å². The van der Waals surface area contributed by atoms with Gasteiger partial charge in [0.2, 0.25) is 0 Å². The van der Waals surface area contributed by atoms with E-state index in [-0.39, 0.29) is 0 Å². The third kappa shape index (κ3) is 4.17. The lowest BCUT2D eigenvalue weighted by Gasteiger charge is -2.27. The second-order valence-corrected chi connectivity index (χ2v) is 8.72. The summed E-state index contributed by atoms with van der Waals surface area (Å²) in [5, 5.41) is 0. The van der Waals surface area contributed by atoms with Crippen LogP contribution in [-0.4, -0.2) is 38.9 Å². The Morgan fingerprint density at radius 1 is 0.935 bits per heavy atom. The van der Waals surface area contributed by atoms with Gasteiger partial charge in [-0.05, 0) is 47.7 Å². The summed E-state index contributed by atoms with van der Waals surface area (Å²) >= 11 is 0. The van der Waals surface area contributed by atoms with Crippen LogP contribution < -0.4 is 0 Å². The molecular formula is C27H28N4. The summed E-state index contributed by atoms with van der Waals surface area (Å²) in [4.78, 5) is 11.8. The summed E-state index contributed by atoms with van der Waals surface area (Å²) in [6.07, 6.45) is 9.47. The maximum absolute atomic E-state index is 4.71. The van der Waals surface area contributed by atoms with E-state index in [4.69, 9.17) is 4.98 Å². The minimum absolute atomic E-state index is 0.713. The second-order valence-electron chi connectivity index (χ2n) is 8.72. The standard InChI is InChI=1S/C27H28N4/c1-20(2)19-30-13-9-21(10-14-30)23-11-15-31-26(18-29-27(31)17-23)24-8-12-28-25(16-24)22-6-4-3-5-7-22/h3-9,11-12,15-18,20H,10,13-14,19H2,1-2H3. The van der Waals surface area contributed by atoms with Gasteiger partial charge in [-0.3, -0.25) is 14.3 Å².